The quantitative estimate of drug-likeness (QED) is 0.922. The summed E-state index contributed by atoms with van der Waals surface area (Å²) < 4.78 is 38.5. The monoisotopic (exact) mass is 307 g/mol. The average molecular weight is 308 g/mol. The summed E-state index contributed by atoms with van der Waals surface area (Å²) in [4.78, 5) is 10.8. The van der Waals surface area contributed by atoms with E-state index in [1.54, 1.807) is 0 Å². The topological polar surface area (TPSA) is 74.7 Å². The van der Waals surface area contributed by atoms with Crippen molar-refractivity contribution in [2.45, 2.75) is 23.8 Å². The second-order valence-electron chi connectivity index (χ2n) is 4.19. The van der Waals surface area contributed by atoms with Gasteiger partial charge in [0.25, 0.3) is 0 Å². The van der Waals surface area contributed by atoms with Crippen molar-refractivity contribution < 1.29 is 22.7 Å². The first-order chi connectivity index (χ1) is 8.84. The molecule has 1 aliphatic rings. The van der Waals surface area contributed by atoms with E-state index >= 15 is 0 Å². The summed E-state index contributed by atoms with van der Waals surface area (Å²) in [6.45, 7) is 0.118. The minimum absolute atomic E-state index is 0.118. The maximum atomic E-state index is 12.9. The van der Waals surface area contributed by atoms with Crippen LogP contribution in [0, 0.1) is 5.82 Å². The fourth-order valence-electron chi connectivity index (χ4n) is 2.09. The van der Waals surface area contributed by atoms with Gasteiger partial charge in [-0.1, -0.05) is 11.6 Å². The average Bonchev–Trinajstić information content (AvgIpc) is 2.77. The third-order valence-corrected chi connectivity index (χ3v) is 5.36. The molecule has 1 fully saturated rings. The van der Waals surface area contributed by atoms with Crippen molar-refractivity contribution in [3.8, 4) is 0 Å². The van der Waals surface area contributed by atoms with Crippen molar-refractivity contribution in [1.82, 2.24) is 4.31 Å². The maximum absolute atomic E-state index is 12.9. The van der Waals surface area contributed by atoms with Crippen LogP contribution in [0.15, 0.2) is 23.1 Å². The van der Waals surface area contributed by atoms with Gasteiger partial charge in [0.05, 0.1) is 5.02 Å². The van der Waals surface area contributed by atoms with Crippen LogP contribution in [0.5, 0.6) is 0 Å². The van der Waals surface area contributed by atoms with Crippen LogP contribution in [-0.2, 0) is 14.8 Å². The molecule has 1 aromatic rings. The number of carboxylic acids is 1. The molecule has 1 unspecified atom stereocenters. The van der Waals surface area contributed by atoms with Crippen LogP contribution in [0.3, 0.4) is 0 Å². The normalized spacial score (nSPS) is 20.6. The number of hydrogen-bond acceptors (Lipinski definition) is 3. The van der Waals surface area contributed by atoms with Gasteiger partial charge < -0.3 is 5.11 Å². The molecule has 0 aliphatic carbocycles. The number of benzene rings is 1. The van der Waals surface area contributed by atoms with Crippen LogP contribution in [-0.4, -0.2) is 36.4 Å². The Morgan fingerprint density at radius 2 is 2.16 bits per heavy atom. The van der Waals surface area contributed by atoms with E-state index in [9.17, 15) is 17.6 Å². The predicted octanol–water partition coefficient (Wildman–Crippen LogP) is 1.72. The molecule has 1 N–H and O–H groups in total. The van der Waals surface area contributed by atoms with E-state index < -0.39 is 27.9 Å². The van der Waals surface area contributed by atoms with Crippen molar-refractivity contribution in [3.05, 3.63) is 29.0 Å². The van der Waals surface area contributed by atoms with E-state index in [0.717, 1.165) is 22.5 Å². The molecule has 0 amide bonds. The molecule has 0 bridgehead atoms. The smallest absolute Gasteiger partial charge is 0.322 e. The van der Waals surface area contributed by atoms with Gasteiger partial charge >= 0.3 is 5.97 Å². The molecule has 1 aliphatic heterocycles. The lowest BCUT2D eigenvalue weighted by Gasteiger charge is -2.21. The van der Waals surface area contributed by atoms with Crippen LogP contribution in [0.4, 0.5) is 4.39 Å². The molecular formula is C11H11ClFNO4S. The van der Waals surface area contributed by atoms with Crippen LogP contribution in [0.25, 0.3) is 0 Å². The van der Waals surface area contributed by atoms with Gasteiger partial charge in [-0.3, -0.25) is 4.79 Å². The van der Waals surface area contributed by atoms with E-state index in [1.807, 2.05) is 0 Å². The van der Waals surface area contributed by atoms with Crippen molar-refractivity contribution in [1.29, 1.82) is 0 Å². The predicted molar refractivity (Wildman–Crippen MR) is 66.0 cm³/mol. The Morgan fingerprint density at radius 3 is 2.74 bits per heavy atom. The van der Waals surface area contributed by atoms with E-state index in [-0.39, 0.29) is 22.9 Å². The standard InChI is InChI=1S/C11H11ClFNO4S/c12-8-6-7(13)3-4-10(8)19(17,18)14-5-1-2-9(14)11(15)16/h3-4,6,9H,1-2,5H2,(H,15,16). The van der Waals surface area contributed by atoms with Crippen molar-refractivity contribution >= 4 is 27.6 Å². The highest BCUT2D eigenvalue weighted by Crippen LogP contribution is 2.30. The summed E-state index contributed by atoms with van der Waals surface area (Å²) >= 11 is 5.73. The van der Waals surface area contributed by atoms with Crippen molar-refractivity contribution in [2.75, 3.05) is 6.54 Å². The molecule has 0 saturated carbocycles. The molecular weight excluding hydrogens is 297 g/mol. The van der Waals surface area contributed by atoms with Crippen LogP contribution < -0.4 is 0 Å². The number of sulfonamides is 1. The molecule has 5 nitrogen and oxygen atoms in total. The Balaban J connectivity index is 2.45. The Bertz CT molecular complexity index is 619. The van der Waals surface area contributed by atoms with Gasteiger partial charge in [-0.15, -0.1) is 0 Å². The van der Waals surface area contributed by atoms with Crippen molar-refractivity contribution in [2.24, 2.45) is 0 Å². The van der Waals surface area contributed by atoms with Gasteiger partial charge in [-0.05, 0) is 31.0 Å². The third-order valence-electron chi connectivity index (χ3n) is 2.97. The largest absolute Gasteiger partial charge is 0.480 e. The molecule has 0 spiro atoms. The Kier molecular flexibility index (Phi) is 3.80. The first kappa shape index (κ1) is 14.2. The van der Waals surface area contributed by atoms with E-state index in [0.29, 0.717) is 6.42 Å². The zero-order valence-electron chi connectivity index (χ0n) is 9.71. The van der Waals surface area contributed by atoms with E-state index in [1.165, 1.54) is 0 Å². The fourth-order valence-corrected chi connectivity index (χ4v) is 4.24. The lowest BCUT2D eigenvalue weighted by atomic mass is 10.2. The highest BCUT2D eigenvalue weighted by Gasteiger charge is 2.40. The van der Waals surface area contributed by atoms with Gasteiger partial charge in [0.1, 0.15) is 16.8 Å². The summed E-state index contributed by atoms with van der Waals surface area (Å²) in [6, 6.07) is 1.82. The zero-order chi connectivity index (χ0) is 14.2. The molecule has 19 heavy (non-hydrogen) atoms. The lowest BCUT2D eigenvalue weighted by Crippen LogP contribution is -2.40. The lowest BCUT2D eigenvalue weighted by molar-refractivity contribution is -0.140. The first-order valence-electron chi connectivity index (χ1n) is 5.54. The summed E-state index contributed by atoms with van der Waals surface area (Å²) in [5.74, 6) is -1.85. The van der Waals surface area contributed by atoms with Gasteiger partial charge in [-0.2, -0.15) is 4.31 Å². The maximum Gasteiger partial charge on any atom is 0.322 e. The van der Waals surface area contributed by atoms with Crippen LogP contribution in [0.1, 0.15) is 12.8 Å². The molecule has 1 aromatic carbocycles. The molecule has 8 heteroatoms. The minimum atomic E-state index is -4.03. The second kappa shape index (κ2) is 5.07. The third kappa shape index (κ3) is 2.58. The molecule has 1 heterocycles. The molecule has 1 atom stereocenters. The number of aliphatic carboxylic acids is 1. The zero-order valence-corrected chi connectivity index (χ0v) is 11.3. The summed E-state index contributed by atoms with van der Waals surface area (Å²) in [6.07, 6.45) is 0.725. The number of hydrogen-bond donors (Lipinski definition) is 1. The molecule has 0 aromatic heterocycles. The molecule has 104 valence electrons. The molecule has 2 rings (SSSR count). The van der Waals surface area contributed by atoms with Crippen molar-refractivity contribution in [3.63, 3.8) is 0 Å². The highest BCUT2D eigenvalue weighted by molar-refractivity contribution is 7.89. The van der Waals surface area contributed by atoms with Gasteiger partial charge in [-0.25, -0.2) is 12.8 Å². The Labute approximate surface area is 114 Å². The Morgan fingerprint density at radius 1 is 1.47 bits per heavy atom. The Hall–Kier alpha value is -1.18. The summed E-state index contributed by atoms with van der Waals surface area (Å²) in [7, 11) is -4.03. The van der Waals surface area contributed by atoms with Crippen LogP contribution in [0.2, 0.25) is 5.02 Å². The highest BCUT2D eigenvalue weighted by atomic mass is 35.5. The van der Waals surface area contributed by atoms with Gasteiger partial charge in [0.2, 0.25) is 10.0 Å². The number of carbonyl (C=O) groups is 1. The summed E-state index contributed by atoms with van der Waals surface area (Å²) in [5, 5.41) is 8.75. The first-order valence-corrected chi connectivity index (χ1v) is 7.35. The number of rotatable bonds is 3. The van der Waals surface area contributed by atoms with Gasteiger partial charge in [0.15, 0.2) is 0 Å². The van der Waals surface area contributed by atoms with Crippen LogP contribution >= 0.6 is 11.6 Å². The molecule has 0 radical (unpaired) electrons. The number of nitrogens with zero attached hydrogens (tertiary/aromatic N) is 1. The number of halogens is 2. The SMILES string of the molecule is O=C(O)C1CCCN1S(=O)(=O)c1ccc(F)cc1Cl. The number of carboxylic acid groups (broad SMARTS) is 1. The van der Waals surface area contributed by atoms with Gasteiger partial charge in [0, 0.05) is 6.54 Å². The fraction of sp³-hybridized carbons (Fsp3) is 0.364. The molecule has 1 saturated heterocycles. The minimum Gasteiger partial charge on any atom is -0.480 e. The van der Waals surface area contributed by atoms with E-state index in [2.05, 4.69) is 0 Å². The van der Waals surface area contributed by atoms with E-state index in [4.69, 9.17) is 16.7 Å². The second-order valence-corrected chi connectivity index (χ2v) is 6.45. The summed E-state index contributed by atoms with van der Waals surface area (Å²) in [5.41, 5.74) is 0.